The van der Waals surface area contributed by atoms with Crippen molar-refractivity contribution >= 4 is 11.9 Å². The van der Waals surface area contributed by atoms with Crippen molar-refractivity contribution in [3.05, 3.63) is 53.6 Å². The number of piperidine rings is 1. The highest BCUT2D eigenvalue weighted by Crippen LogP contribution is 2.35. The van der Waals surface area contributed by atoms with Gasteiger partial charge in [0.2, 0.25) is 5.91 Å². The predicted octanol–water partition coefficient (Wildman–Crippen LogP) is 3.14. The number of aryl methyl sites for hydroxylation is 2. The highest BCUT2D eigenvalue weighted by atomic mass is 19.1. The van der Waals surface area contributed by atoms with Crippen molar-refractivity contribution in [2.45, 2.75) is 46.1 Å². The minimum Gasteiger partial charge on any atom is -0.466 e. The molecule has 1 aliphatic heterocycles. The van der Waals surface area contributed by atoms with E-state index in [-0.39, 0.29) is 24.3 Å². The van der Waals surface area contributed by atoms with Gasteiger partial charge >= 0.3 is 5.97 Å². The Balaban J connectivity index is 1.73. The van der Waals surface area contributed by atoms with Crippen molar-refractivity contribution in [2.75, 3.05) is 19.7 Å². The van der Waals surface area contributed by atoms with Crippen LogP contribution in [0.25, 0.3) is 0 Å². The number of rotatable bonds is 7. The Bertz CT molecular complexity index is 849. The van der Waals surface area contributed by atoms with Gasteiger partial charge in [-0.3, -0.25) is 14.3 Å². The van der Waals surface area contributed by atoms with Crippen LogP contribution in [0.2, 0.25) is 0 Å². The zero-order valence-corrected chi connectivity index (χ0v) is 17.1. The summed E-state index contributed by atoms with van der Waals surface area (Å²) in [5.74, 6) is -0.592. The van der Waals surface area contributed by atoms with Crippen LogP contribution in [0, 0.1) is 18.2 Å². The molecule has 0 radical (unpaired) electrons. The lowest BCUT2D eigenvalue weighted by molar-refractivity contribution is -0.160. The van der Waals surface area contributed by atoms with Gasteiger partial charge in [0, 0.05) is 37.9 Å². The predicted molar refractivity (Wildman–Crippen MR) is 107 cm³/mol. The third kappa shape index (κ3) is 5.02. The lowest BCUT2D eigenvalue weighted by Gasteiger charge is -2.41. The van der Waals surface area contributed by atoms with E-state index in [1.54, 1.807) is 34.8 Å². The van der Waals surface area contributed by atoms with Crippen molar-refractivity contribution in [1.29, 1.82) is 0 Å². The molecule has 0 saturated carbocycles. The van der Waals surface area contributed by atoms with Crippen LogP contribution in [0.1, 0.15) is 37.4 Å². The zero-order chi connectivity index (χ0) is 20.9. The summed E-state index contributed by atoms with van der Waals surface area (Å²) in [5, 5.41) is 4.22. The summed E-state index contributed by atoms with van der Waals surface area (Å²) in [5.41, 5.74) is 1.07. The molecule has 0 unspecified atom stereocenters. The number of nitrogens with zero attached hydrogens (tertiary/aromatic N) is 3. The first-order valence-electron chi connectivity index (χ1n) is 10.1. The molecular formula is C22H28FN3O3. The summed E-state index contributed by atoms with van der Waals surface area (Å²) in [7, 11) is 0. The van der Waals surface area contributed by atoms with Gasteiger partial charge in [-0.05, 0) is 56.9 Å². The van der Waals surface area contributed by atoms with Crippen LogP contribution in [-0.2, 0) is 27.3 Å². The highest BCUT2D eigenvalue weighted by Gasteiger charge is 2.44. The molecule has 0 aliphatic carbocycles. The first-order chi connectivity index (χ1) is 13.9. The first kappa shape index (κ1) is 21.0. The summed E-state index contributed by atoms with van der Waals surface area (Å²) in [6.45, 7) is 5.48. The lowest BCUT2D eigenvalue weighted by Crippen LogP contribution is -2.51. The highest BCUT2D eigenvalue weighted by molar-refractivity contribution is 5.81. The molecule has 1 aromatic carbocycles. The molecule has 29 heavy (non-hydrogen) atoms. The number of amides is 1. The van der Waals surface area contributed by atoms with Crippen molar-refractivity contribution in [3.63, 3.8) is 0 Å². The molecule has 1 fully saturated rings. The number of carbonyl (C=O) groups is 2. The molecule has 1 aromatic heterocycles. The average molecular weight is 401 g/mol. The van der Waals surface area contributed by atoms with E-state index in [0.717, 1.165) is 17.7 Å². The number of hydrogen-bond donors (Lipinski definition) is 0. The Morgan fingerprint density at radius 2 is 2.00 bits per heavy atom. The first-order valence-corrected chi connectivity index (χ1v) is 10.1. The van der Waals surface area contributed by atoms with Gasteiger partial charge in [0.25, 0.3) is 0 Å². The van der Waals surface area contributed by atoms with Gasteiger partial charge in [0.05, 0.1) is 12.0 Å². The number of aromatic nitrogens is 2. The van der Waals surface area contributed by atoms with Gasteiger partial charge in [-0.25, -0.2) is 4.39 Å². The van der Waals surface area contributed by atoms with Gasteiger partial charge in [0.15, 0.2) is 0 Å². The van der Waals surface area contributed by atoms with E-state index in [1.807, 2.05) is 13.0 Å². The van der Waals surface area contributed by atoms with Gasteiger partial charge in [0.1, 0.15) is 5.82 Å². The third-order valence-corrected chi connectivity index (χ3v) is 5.56. The summed E-state index contributed by atoms with van der Waals surface area (Å²) in [6.07, 6.45) is 3.85. The van der Waals surface area contributed by atoms with E-state index in [4.69, 9.17) is 4.74 Å². The number of halogens is 1. The Kier molecular flexibility index (Phi) is 6.67. The Labute approximate surface area is 170 Å². The topological polar surface area (TPSA) is 64.4 Å². The Morgan fingerprint density at radius 3 is 2.66 bits per heavy atom. The number of ether oxygens (including phenoxy) is 1. The summed E-state index contributed by atoms with van der Waals surface area (Å²) in [4.78, 5) is 27.5. The fourth-order valence-electron chi connectivity index (χ4n) is 4.00. The van der Waals surface area contributed by atoms with Crippen molar-refractivity contribution in [3.8, 4) is 0 Å². The second kappa shape index (κ2) is 9.20. The summed E-state index contributed by atoms with van der Waals surface area (Å²) < 4.78 is 20.5. The molecule has 3 rings (SSSR count). The Morgan fingerprint density at radius 1 is 1.24 bits per heavy atom. The molecule has 0 N–H and O–H groups in total. The van der Waals surface area contributed by atoms with E-state index in [1.165, 1.54) is 12.1 Å². The number of esters is 1. The molecule has 1 saturated heterocycles. The smallest absolute Gasteiger partial charge is 0.314 e. The van der Waals surface area contributed by atoms with Crippen molar-refractivity contribution in [2.24, 2.45) is 5.41 Å². The second-order valence-electron chi connectivity index (χ2n) is 7.67. The minimum atomic E-state index is -0.802. The number of benzene rings is 1. The minimum absolute atomic E-state index is 0.00683. The Hall–Kier alpha value is -2.70. The molecule has 1 amide bonds. The van der Waals surface area contributed by atoms with Gasteiger partial charge in [-0.1, -0.05) is 12.1 Å². The maximum atomic E-state index is 13.3. The van der Waals surface area contributed by atoms with Crippen LogP contribution in [0.3, 0.4) is 0 Å². The van der Waals surface area contributed by atoms with Crippen molar-refractivity contribution < 1.29 is 18.7 Å². The zero-order valence-electron chi connectivity index (χ0n) is 17.1. The fourth-order valence-corrected chi connectivity index (χ4v) is 4.00. The van der Waals surface area contributed by atoms with E-state index in [9.17, 15) is 14.0 Å². The second-order valence-corrected chi connectivity index (χ2v) is 7.67. The summed E-state index contributed by atoms with van der Waals surface area (Å²) >= 11 is 0. The third-order valence-electron chi connectivity index (χ3n) is 5.56. The molecule has 156 valence electrons. The monoisotopic (exact) mass is 401 g/mol. The molecule has 0 spiro atoms. The van der Waals surface area contributed by atoms with E-state index in [0.29, 0.717) is 38.9 Å². The van der Waals surface area contributed by atoms with Crippen molar-refractivity contribution in [1.82, 2.24) is 14.7 Å². The molecule has 1 atom stereocenters. The maximum absolute atomic E-state index is 13.3. The molecule has 2 aromatic rings. The van der Waals surface area contributed by atoms with Crippen LogP contribution in [0.5, 0.6) is 0 Å². The average Bonchev–Trinajstić information content (AvgIpc) is 3.13. The molecule has 7 heteroatoms. The maximum Gasteiger partial charge on any atom is 0.314 e. The SMILES string of the molecule is CCOC(=O)[C@@]1(Cc2ccc(F)cc2)CCCN(C(=O)CCn2nccc2C)C1. The molecule has 1 aliphatic rings. The fraction of sp³-hybridized carbons (Fsp3) is 0.500. The number of likely N-dealkylation sites (tertiary alicyclic amines) is 1. The largest absolute Gasteiger partial charge is 0.466 e. The van der Waals surface area contributed by atoms with Crippen LogP contribution in [0.4, 0.5) is 4.39 Å². The summed E-state index contributed by atoms with van der Waals surface area (Å²) in [6, 6.07) is 8.08. The van der Waals surface area contributed by atoms with Gasteiger partial charge < -0.3 is 9.64 Å². The lowest BCUT2D eigenvalue weighted by atomic mass is 9.75. The molecule has 6 nitrogen and oxygen atoms in total. The van der Waals surface area contributed by atoms with E-state index >= 15 is 0 Å². The van der Waals surface area contributed by atoms with E-state index in [2.05, 4.69) is 5.10 Å². The van der Waals surface area contributed by atoms with Crippen LogP contribution in [0.15, 0.2) is 36.5 Å². The van der Waals surface area contributed by atoms with Crippen LogP contribution >= 0.6 is 0 Å². The van der Waals surface area contributed by atoms with E-state index < -0.39 is 5.41 Å². The standard InChI is InChI=1S/C22H28FN3O3/c1-3-29-21(28)22(15-18-5-7-19(23)8-6-18)11-4-13-25(16-22)20(27)10-14-26-17(2)9-12-24-26/h5-9,12H,3-4,10-11,13-16H2,1-2H3/t22-/m1/s1. The molecule has 0 bridgehead atoms. The van der Waals surface area contributed by atoms with Crippen LogP contribution in [-0.4, -0.2) is 46.3 Å². The number of hydrogen-bond acceptors (Lipinski definition) is 4. The molecule has 2 heterocycles. The van der Waals surface area contributed by atoms with Crippen LogP contribution < -0.4 is 0 Å². The normalized spacial score (nSPS) is 19.2. The number of carbonyl (C=O) groups excluding carboxylic acids is 2. The molecular weight excluding hydrogens is 373 g/mol. The van der Waals surface area contributed by atoms with Gasteiger partial charge in [-0.15, -0.1) is 0 Å². The quantitative estimate of drug-likeness (QED) is 0.669. The van der Waals surface area contributed by atoms with Gasteiger partial charge in [-0.2, -0.15) is 5.10 Å².